The highest BCUT2D eigenvalue weighted by Gasteiger charge is 2.26. The zero-order valence-corrected chi connectivity index (χ0v) is 13.4. The van der Waals surface area contributed by atoms with Gasteiger partial charge in [-0.1, -0.05) is 0 Å². The molecule has 0 radical (unpaired) electrons. The summed E-state index contributed by atoms with van der Waals surface area (Å²) >= 11 is 0. The smallest absolute Gasteiger partial charge is 0.251 e. The first-order valence-corrected chi connectivity index (χ1v) is 8.23. The molecule has 7 heteroatoms. The van der Waals surface area contributed by atoms with Gasteiger partial charge in [0, 0.05) is 31.8 Å². The second-order valence-electron chi connectivity index (χ2n) is 4.89. The van der Waals surface area contributed by atoms with Crippen molar-refractivity contribution in [3.63, 3.8) is 0 Å². The van der Waals surface area contributed by atoms with E-state index in [0.717, 1.165) is 0 Å². The van der Waals surface area contributed by atoms with E-state index in [4.69, 9.17) is 5.11 Å². The second kappa shape index (κ2) is 7.53. The Hall–Kier alpha value is -1.44. The monoisotopic (exact) mass is 314 g/mol. The average Bonchev–Trinajstić information content (AvgIpc) is 2.46. The molecule has 2 N–H and O–H groups in total. The van der Waals surface area contributed by atoms with Crippen LogP contribution in [-0.2, 0) is 10.0 Å². The molecule has 0 aliphatic rings. The number of carbonyl (C=O) groups excluding carboxylic acids is 1. The predicted molar refractivity (Wildman–Crippen MR) is 80.6 cm³/mol. The maximum atomic E-state index is 12.6. The minimum atomic E-state index is -3.63. The van der Waals surface area contributed by atoms with Crippen molar-refractivity contribution in [1.29, 1.82) is 0 Å². The predicted octanol–water partition coefficient (Wildman–Crippen LogP) is 0.828. The lowest BCUT2D eigenvalue weighted by Gasteiger charge is -2.25. The molecule has 0 aliphatic heterocycles. The van der Waals surface area contributed by atoms with Gasteiger partial charge in [-0.2, -0.15) is 4.31 Å². The summed E-state index contributed by atoms with van der Waals surface area (Å²) in [4.78, 5) is 11.6. The summed E-state index contributed by atoms with van der Waals surface area (Å²) in [6.45, 7) is 3.77. The van der Waals surface area contributed by atoms with Crippen LogP contribution in [-0.4, -0.2) is 50.0 Å². The van der Waals surface area contributed by atoms with Crippen molar-refractivity contribution in [1.82, 2.24) is 9.62 Å². The van der Waals surface area contributed by atoms with Crippen LogP contribution in [0.2, 0.25) is 0 Å². The molecule has 0 aromatic heterocycles. The average molecular weight is 314 g/mol. The van der Waals surface area contributed by atoms with Crippen molar-refractivity contribution in [3.05, 3.63) is 29.8 Å². The second-order valence-corrected chi connectivity index (χ2v) is 6.78. The van der Waals surface area contributed by atoms with Gasteiger partial charge in [-0.15, -0.1) is 0 Å². The summed E-state index contributed by atoms with van der Waals surface area (Å²) in [6, 6.07) is 5.61. The first-order valence-electron chi connectivity index (χ1n) is 6.79. The number of hydrogen-bond acceptors (Lipinski definition) is 4. The number of rotatable bonds is 7. The Morgan fingerprint density at radius 1 is 1.29 bits per heavy atom. The molecule has 0 bridgehead atoms. The van der Waals surface area contributed by atoms with Gasteiger partial charge in [0.1, 0.15) is 0 Å². The van der Waals surface area contributed by atoms with Crippen molar-refractivity contribution in [3.8, 4) is 0 Å². The number of benzene rings is 1. The lowest BCUT2D eigenvalue weighted by atomic mass is 10.2. The molecule has 0 heterocycles. The summed E-state index contributed by atoms with van der Waals surface area (Å²) in [6.07, 6.45) is 0.383. The van der Waals surface area contributed by atoms with Crippen LogP contribution in [0.15, 0.2) is 29.2 Å². The van der Waals surface area contributed by atoms with E-state index in [1.54, 1.807) is 13.8 Å². The standard InChI is InChI=1S/C14H22N2O4S/c1-11(2)16(9-4-10-17)21(19,20)13-7-5-12(6-8-13)14(18)15-3/h5-8,11,17H,4,9-10H2,1-3H3,(H,15,18). The molecular weight excluding hydrogens is 292 g/mol. The third kappa shape index (κ3) is 4.26. The van der Waals surface area contributed by atoms with Crippen molar-refractivity contribution >= 4 is 15.9 Å². The maximum Gasteiger partial charge on any atom is 0.251 e. The highest BCUT2D eigenvalue weighted by atomic mass is 32.2. The molecule has 118 valence electrons. The molecule has 0 spiro atoms. The van der Waals surface area contributed by atoms with E-state index in [-0.39, 0.29) is 30.0 Å². The zero-order chi connectivity index (χ0) is 16.0. The molecule has 0 saturated heterocycles. The van der Waals surface area contributed by atoms with Crippen LogP contribution in [0.25, 0.3) is 0 Å². The third-order valence-corrected chi connectivity index (χ3v) is 5.15. The maximum absolute atomic E-state index is 12.6. The molecule has 1 amide bonds. The lowest BCUT2D eigenvalue weighted by Crippen LogP contribution is -2.38. The van der Waals surface area contributed by atoms with Crippen LogP contribution in [0.5, 0.6) is 0 Å². The van der Waals surface area contributed by atoms with Gasteiger partial charge in [-0.25, -0.2) is 8.42 Å². The largest absolute Gasteiger partial charge is 0.396 e. The number of sulfonamides is 1. The molecule has 21 heavy (non-hydrogen) atoms. The van der Waals surface area contributed by atoms with Crippen molar-refractivity contribution in [2.45, 2.75) is 31.2 Å². The topological polar surface area (TPSA) is 86.7 Å². The Bertz CT molecular complexity index is 567. The minimum Gasteiger partial charge on any atom is -0.396 e. The van der Waals surface area contributed by atoms with E-state index in [1.807, 2.05) is 0 Å². The molecular formula is C14H22N2O4S. The summed E-state index contributed by atoms with van der Waals surface area (Å²) in [5, 5.41) is 11.4. The van der Waals surface area contributed by atoms with E-state index in [0.29, 0.717) is 12.0 Å². The number of nitrogens with one attached hydrogen (secondary N) is 1. The Balaban J connectivity index is 3.07. The fourth-order valence-electron chi connectivity index (χ4n) is 1.94. The first-order chi connectivity index (χ1) is 9.84. The van der Waals surface area contributed by atoms with Crippen LogP contribution in [0.1, 0.15) is 30.6 Å². The van der Waals surface area contributed by atoms with Crippen molar-refractivity contribution < 1.29 is 18.3 Å². The third-order valence-electron chi connectivity index (χ3n) is 3.06. The zero-order valence-electron chi connectivity index (χ0n) is 12.5. The Morgan fingerprint density at radius 3 is 2.29 bits per heavy atom. The molecule has 0 aliphatic carbocycles. The van der Waals surface area contributed by atoms with E-state index in [2.05, 4.69) is 5.32 Å². The highest BCUT2D eigenvalue weighted by Crippen LogP contribution is 2.19. The molecule has 1 aromatic rings. The van der Waals surface area contributed by atoms with Crippen LogP contribution in [0.3, 0.4) is 0 Å². The van der Waals surface area contributed by atoms with Crippen molar-refractivity contribution in [2.75, 3.05) is 20.2 Å². The van der Waals surface area contributed by atoms with Gasteiger partial charge in [0.05, 0.1) is 4.90 Å². The number of aliphatic hydroxyl groups is 1. The molecule has 6 nitrogen and oxygen atoms in total. The van der Waals surface area contributed by atoms with Gasteiger partial charge >= 0.3 is 0 Å². The number of carbonyl (C=O) groups is 1. The Morgan fingerprint density at radius 2 is 1.86 bits per heavy atom. The van der Waals surface area contributed by atoms with Crippen LogP contribution in [0.4, 0.5) is 0 Å². The normalized spacial score (nSPS) is 11.9. The fourth-order valence-corrected chi connectivity index (χ4v) is 3.62. The quantitative estimate of drug-likeness (QED) is 0.780. The van der Waals surface area contributed by atoms with Gasteiger partial charge in [0.25, 0.3) is 5.91 Å². The van der Waals surface area contributed by atoms with E-state index >= 15 is 0 Å². The number of amides is 1. The van der Waals surface area contributed by atoms with Crippen LogP contribution >= 0.6 is 0 Å². The van der Waals surface area contributed by atoms with Crippen LogP contribution in [0, 0.1) is 0 Å². The minimum absolute atomic E-state index is 0.0612. The van der Waals surface area contributed by atoms with Crippen LogP contribution < -0.4 is 5.32 Å². The number of nitrogens with zero attached hydrogens (tertiary/aromatic N) is 1. The molecule has 0 unspecified atom stereocenters. The van der Waals surface area contributed by atoms with E-state index < -0.39 is 10.0 Å². The fraction of sp³-hybridized carbons (Fsp3) is 0.500. The summed E-state index contributed by atoms with van der Waals surface area (Å²) < 4.78 is 26.5. The van der Waals surface area contributed by atoms with Gasteiger partial charge in [0.15, 0.2) is 0 Å². The van der Waals surface area contributed by atoms with E-state index in [9.17, 15) is 13.2 Å². The Kier molecular flexibility index (Phi) is 6.32. The summed E-state index contributed by atoms with van der Waals surface area (Å²) in [5.74, 6) is -0.264. The molecule has 0 atom stereocenters. The molecule has 1 rings (SSSR count). The lowest BCUT2D eigenvalue weighted by molar-refractivity contribution is 0.0963. The summed E-state index contributed by atoms with van der Waals surface area (Å²) in [7, 11) is -2.11. The van der Waals surface area contributed by atoms with Gasteiger partial charge in [-0.05, 0) is 44.5 Å². The molecule has 0 saturated carbocycles. The number of aliphatic hydroxyl groups excluding tert-OH is 1. The van der Waals surface area contributed by atoms with Gasteiger partial charge in [-0.3, -0.25) is 4.79 Å². The van der Waals surface area contributed by atoms with Crippen molar-refractivity contribution in [2.24, 2.45) is 0 Å². The number of hydrogen-bond donors (Lipinski definition) is 2. The Labute approximate surface area is 125 Å². The molecule has 1 aromatic carbocycles. The SMILES string of the molecule is CNC(=O)c1ccc(S(=O)(=O)N(CCCO)C(C)C)cc1. The molecule has 0 fully saturated rings. The first kappa shape index (κ1) is 17.6. The van der Waals surface area contributed by atoms with Gasteiger partial charge in [0.2, 0.25) is 10.0 Å². The summed E-state index contributed by atoms with van der Waals surface area (Å²) in [5.41, 5.74) is 0.405. The van der Waals surface area contributed by atoms with E-state index in [1.165, 1.54) is 35.6 Å². The highest BCUT2D eigenvalue weighted by molar-refractivity contribution is 7.89. The van der Waals surface area contributed by atoms with Gasteiger partial charge < -0.3 is 10.4 Å².